The molecule has 9 heteroatoms. The van der Waals surface area contributed by atoms with Gasteiger partial charge in [0.1, 0.15) is 33.2 Å². The lowest BCUT2D eigenvalue weighted by Gasteiger charge is -2.18. The number of rotatable bonds is 11. The van der Waals surface area contributed by atoms with Crippen molar-refractivity contribution in [1.82, 2.24) is 4.98 Å². The van der Waals surface area contributed by atoms with Crippen LogP contribution in [0, 0.1) is 0 Å². The minimum Gasteiger partial charge on any atom is -0.497 e. The lowest BCUT2D eigenvalue weighted by molar-refractivity contribution is -0.118. The fourth-order valence-electron chi connectivity index (χ4n) is 3.43. The van der Waals surface area contributed by atoms with E-state index in [1.54, 1.807) is 44.3 Å². The van der Waals surface area contributed by atoms with Crippen molar-refractivity contribution >= 4 is 44.4 Å². The number of amides is 1. The number of hydrogen-bond donors (Lipinski definition) is 0. The normalized spacial score (nSPS) is 10.9. The summed E-state index contributed by atoms with van der Waals surface area (Å²) in [7, 11) is 4.87. The van der Waals surface area contributed by atoms with Crippen LogP contribution in [-0.2, 0) is 11.3 Å². The van der Waals surface area contributed by atoms with Crippen molar-refractivity contribution in [3.63, 3.8) is 0 Å². The third-order valence-electron chi connectivity index (χ3n) is 5.19. The van der Waals surface area contributed by atoms with Gasteiger partial charge in [0.05, 0.1) is 34.1 Å². The number of fused-ring (bicyclic) bond motifs is 1. The van der Waals surface area contributed by atoms with Crippen LogP contribution in [0.1, 0.15) is 18.6 Å². The summed E-state index contributed by atoms with van der Waals surface area (Å²) in [6.45, 7) is 0.307. The summed E-state index contributed by atoms with van der Waals surface area (Å²) in [5.74, 6) is 3.68. The molecule has 0 saturated carbocycles. The molecule has 0 aliphatic heterocycles. The summed E-state index contributed by atoms with van der Waals surface area (Å²) in [4.78, 5) is 20.9. The minimum atomic E-state index is -0.0104. The second-order valence-electron chi connectivity index (χ2n) is 7.33. The van der Waals surface area contributed by atoms with Crippen molar-refractivity contribution in [3.8, 4) is 17.2 Å². The number of hydrogen-bond acceptors (Lipinski definition) is 8. The van der Waals surface area contributed by atoms with Gasteiger partial charge in [-0.15, -0.1) is 11.8 Å². The minimum absolute atomic E-state index is 0.0104. The molecule has 0 aliphatic carbocycles. The van der Waals surface area contributed by atoms with E-state index >= 15 is 0 Å². The second kappa shape index (κ2) is 11.3. The molecule has 0 unspecified atom stereocenters. The molecule has 0 radical (unpaired) electrons. The van der Waals surface area contributed by atoms with Crippen molar-refractivity contribution in [2.24, 2.45) is 0 Å². The zero-order chi connectivity index (χ0) is 23.9. The Morgan fingerprint density at radius 1 is 1.03 bits per heavy atom. The maximum Gasteiger partial charge on any atom is 0.229 e. The van der Waals surface area contributed by atoms with E-state index in [9.17, 15) is 4.79 Å². The molecule has 0 fully saturated rings. The summed E-state index contributed by atoms with van der Waals surface area (Å²) in [6.07, 6.45) is 2.74. The van der Waals surface area contributed by atoms with Gasteiger partial charge in [-0.2, -0.15) is 0 Å². The number of furan rings is 1. The quantitative estimate of drug-likeness (QED) is 0.185. The van der Waals surface area contributed by atoms with E-state index in [0.29, 0.717) is 40.9 Å². The Morgan fingerprint density at radius 2 is 1.79 bits per heavy atom. The molecule has 0 N–H and O–H groups in total. The number of carbonyl (C=O) groups is 1. The second-order valence-corrected chi connectivity index (χ2v) is 9.48. The predicted molar refractivity (Wildman–Crippen MR) is 136 cm³/mol. The van der Waals surface area contributed by atoms with Crippen LogP contribution in [-0.4, -0.2) is 38.0 Å². The van der Waals surface area contributed by atoms with E-state index in [2.05, 4.69) is 0 Å². The molecular weight excluding hydrogens is 472 g/mol. The van der Waals surface area contributed by atoms with Gasteiger partial charge in [0.25, 0.3) is 0 Å². The maximum absolute atomic E-state index is 13.3. The van der Waals surface area contributed by atoms with Gasteiger partial charge in [0, 0.05) is 11.3 Å². The van der Waals surface area contributed by atoms with Crippen LogP contribution in [0.5, 0.6) is 17.2 Å². The highest BCUT2D eigenvalue weighted by Gasteiger charge is 2.23. The average Bonchev–Trinajstić information content (AvgIpc) is 3.55. The number of benzene rings is 2. The molecule has 2 aromatic heterocycles. The Balaban J connectivity index is 1.50. The number of methoxy groups -OCH3 is 3. The summed E-state index contributed by atoms with van der Waals surface area (Å²) in [6, 6.07) is 15.3. The number of thioether (sulfide) groups is 1. The van der Waals surface area contributed by atoms with Crippen molar-refractivity contribution in [1.29, 1.82) is 0 Å². The number of carbonyl (C=O) groups excluding carboxylic acids is 1. The standard InChI is InChI=1S/C25H26N2O5S2/c1-29-17-8-10-19(11-9-17)33-15-5-7-22(28)27(16-18-6-4-14-32-18)25-26-23-20(30-2)12-13-21(31-3)24(23)34-25/h4,6,8-14H,5,7,15-16H2,1-3H3. The molecule has 0 bridgehead atoms. The highest BCUT2D eigenvalue weighted by atomic mass is 32.2. The average molecular weight is 499 g/mol. The molecule has 1 amide bonds. The van der Waals surface area contributed by atoms with Gasteiger partial charge in [-0.25, -0.2) is 4.98 Å². The fraction of sp³-hybridized carbons (Fsp3) is 0.280. The molecule has 2 heterocycles. The van der Waals surface area contributed by atoms with Crippen LogP contribution < -0.4 is 19.1 Å². The van der Waals surface area contributed by atoms with E-state index in [1.807, 2.05) is 48.5 Å². The molecule has 7 nitrogen and oxygen atoms in total. The smallest absolute Gasteiger partial charge is 0.229 e. The molecule has 4 aromatic rings. The number of nitrogens with zero attached hydrogens (tertiary/aromatic N) is 2. The summed E-state index contributed by atoms with van der Waals surface area (Å²) < 4.78 is 22.5. The third-order valence-corrected chi connectivity index (χ3v) is 7.38. The van der Waals surface area contributed by atoms with Gasteiger partial charge < -0.3 is 18.6 Å². The molecule has 2 aromatic carbocycles. The molecular formula is C25H26N2O5S2. The van der Waals surface area contributed by atoms with Crippen molar-refractivity contribution in [2.45, 2.75) is 24.3 Å². The summed E-state index contributed by atoms with van der Waals surface area (Å²) in [5, 5.41) is 0.585. The SMILES string of the molecule is COc1ccc(SCCCC(=O)N(Cc2ccco2)c2nc3c(OC)ccc(OC)c3s2)cc1. The van der Waals surface area contributed by atoms with Gasteiger partial charge in [0.15, 0.2) is 5.13 Å². The zero-order valence-electron chi connectivity index (χ0n) is 19.3. The Kier molecular flexibility index (Phi) is 7.97. The lowest BCUT2D eigenvalue weighted by atomic mass is 10.3. The highest BCUT2D eigenvalue weighted by molar-refractivity contribution is 7.99. The van der Waals surface area contributed by atoms with Crippen LogP contribution in [0.2, 0.25) is 0 Å². The number of aromatic nitrogens is 1. The first-order valence-electron chi connectivity index (χ1n) is 10.7. The first-order valence-corrected chi connectivity index (χ1v) is 12.5. The summed E-state index contributed by atoms with van der Waals surface area (Å²) >= 11 is 3.12. The summed E-state index contributed by atoms with van der Waals surface area (Å²) in [5.41, 5.74) is 0.675. The van der Waals surface area contributed by atoms with Gasteiger partial charge in [0.2, 0.25) is 5.91 Å². The van der Waals surface area contributed by atoms with Crippen molar-refractivity contribution in [3.05, 3.63) is 60.6 Å². The molecule has 0 saturated heterocycles. The fourth-order valence-corrected chi connectivity index (χ4v) is 5.37. The van der Waals surface area contributed by atoms with E-state index in [4.69, 9.17) is 23.6 Å². The van der Waals surface area contributed by atoms with E-state index < -0.39 is 0 Å². The molecule has 34 heavy (non-hydrogen) atoms. The van der Waals surface area contributed by atoms with Gasteiger partial charge in [-0.1, -0.05) is 11.3 Å². The predicted octanol–water partition coefficient (Wildman–Crippen LogP) is 6.02. The van der Waals surface area contributed by atoms with Gasteiger partial charge >= 0.3 is 0 Å². The Bertz CT molecular complexity index is 1180. The van der Waals surface area contributed by atoms with Crippen LogP contribution in [0.15, 0.2) is 64.1 Å². The van der Waals surface area contributed by atoms with E-state index in [0.717, 1.165) is 27.5 Å². The molecule has 178 valence electrons. The topological polar surface area (TPSA) is 74.0 Å². The van der Waals surface area contributed by atoms with Crippen LogP contribution in [0.25, 0.3) is 10.2 Å². The highest BCUT2D eigenvalue weighted by Crippen LogP contribution is 2.40. The van der Waals surface area contributed by atoms with Crippen molar-refractivity contribution < 1.29 is 23.4 Å². The molecule has 0 spiro atoms. The number of thiazole rings is 1. The molecule has 0 atom stereocenters. The monoisotopic (exact) mass is 498 g/mol. The van der Waals surface area contributed by atoms with Crippen LogP contribution in [0.3, 0.4) is 0 Å². The molecule has 4 rings (SSSR count). The lowest BCUT2D eigenvalue weighted by Crippen LogP contribution is -2.30. The van der Waals surface area contributed by atoms with Crippen molar-refractivity contribution in [2.75, 3.05) is 32.0 Å². The zero-order valence-corrected chi connectivity index (χ0v) is 20.9. The first-order chi connectivity index (χ1) is 16.6. The van der Waals surface area contributed by atoms with E-state index in [-0.39, 0.29) is 5.91 Å². The van der Waals surface area contributed by atoms with Gasteiger partial charge in [-0.3, -0.25) is 9.69 Å². The molecule has 0 aliphatic rings. The number of ether oxygens (including phenoxy) is 3. The Hall–Kier alpha value is -3.17. The Labute approximate surface area is 206 Å². The van der Waals surface area contributed by atoms with E-state index in [1.165, 1.54) is 11.3 Å². The van der Waals surface area contributed by atoms with Gasteiger partial charge in [-0.05, 0) is 60.7 Å². The first kappa shape index (κ1) is 24.0. The maximum atomic E-state index is 13.3. The van der Waals surface area contributed by atoms with Crippen LogP contribution in [0.4, 0.5) is 5.13 Å². The largest absolute Gasteiger partial charge is 0.497 e. The Morgan fingerprint density at radius 3 is 2.47 bits per heavy atom. The number of anilines is 1. The van der Waals surface area contributed by atoms with Crippen LogP contribution >= 0.6 is 23.1 Å². The third kappa shape index (κ3) is 5.48.